The molecule has 0 aliphatic carbocycles. The van der Waals surface area contributed by atoms with Gasteiger partial charge in [0, 0.05) is 18.2 Å². The molecule has 0 saturated heterocycles. The van der Waals surface area contributed by atoms with Crippen molar-refractivity contribution in [3.8, 4) is 0 Å². The van der Waals surface area contributed by atoms with Crippen LogP contribution in [0.15, 0.2) is 18.2 Å². The lowest BCUT2D eigenvalue weighted by Gasteiger charge is -2.06. The predicted molar refractivity (Wildman–Crippen MR) is 74.3 cm³/mol. The highest BCUT2D eigenvalue weighted by molar-refractivity contribution is 6.36. The molecule has 0 unspecified atom stereocenters. The Morgan fingerprint density at radius 3 is 2.56 bits per heavy atom. The van der Waals surface area contributed by atoms with Crippen molar-refractivity contribution in [2.45, 2.75) is 25.7 Å². The van der Waals surface area contributed by atoms with E-state index in [1.165, 1.54) is 0 Å². The molecule has 3 nitrogen and oxygen atoms in total. The summed E-state index contributed by atoms with van der Waals surface area (Å²) in [6, 6.07) is 4.81. The molecule has 1 amide bonds. The van der Waals surface area contributed by atoms with E-state index in [4.69, 9.17) is 28.3 Å². The predicted octanol–water partition coefficient (Wildman–Crippen LogP) is 3.28. The maximum atomic E-state index is 11.8. The molecule has 0 aromatic heterocycles. The Bertz CT molecular complexity index is 397. The van der Waals surface area contributed by atoms with Gasteiger partial charge < -0.3 is 10.4 Å². The van der Waals surface area contributed by atoms with Crippen LogP contribution in [-0.2, 0) is 0 Å². The number of aliphatic hydroxyl groups is 1. The van der Waals surface area contributed by atoms with Crippen LogP contribution in [-0.4, -0.2) is 24.2 Å². The third-order valence-corrected chi connectivity index (χ3v) is 3.09. The summed E-state index contributed by atoms with van der Waals surface area (Å²) in [6.45, 7) is 0.843. The second-order valence-corrected chi connectivity index (χ2v) is 4.86. The van der Waals surface area contributed by atoms with E-state index in [9.17, 15) is 4.79 Å². The lowest BCUT2D eigenvalue weighted by molar-refractivity contribution is 0.0953. The Morgan fingerprint density at radius 1 is 1.17 bits per heavy atom. The highest BCUT2D eigenvalue weighted by Crippen LogP contribution is 2.20. The maximum absolute atomic E-state index is 11.8. The highest BCUT2D eigenvalue weighted by atomic mass is 35.5. The van der Waals surface area contributed by atoms with Crippen molar-refractivity contribution in [2.24, 2.45) is 0 Å². The van der Waals surface area contributed by atoms with Crippen molar-refractivity contribution < 1.29 is 9.90 Å². The standard InChI is InChI=1S/C13H17Cl2NO2/c14-10-5-6-11(12(15)9-10)13(18)16-7-3-1-2-4-8-17/h5-6,9,17H,1-4,7-8H2,(H,16,18). The summed E-state index contributed by atoms with van der Waals surface area (Å²) >= 11 is 11.7. The Labute approximate surface area is 117 Å². The monoisotopic (exact) mass is 289 g/mol. The van der Waals surface area contributed by atoms with Gasteiger partial charge in [0.25, 0.3) is 5.91 Å². The molecule has 0 aliphatic heterocycles. The smallest absolute Gasteiger partial charge is 0.252 e. The molecule has 1 aromatic rings. The van der Waals surface area contributed by atoms with Crippen molar-refractivity contribution >= 4 is 29.1 Å². The SMILES string of the molecule is O=C(NCCCCCCO)c1ccc(Cl)cc1Cl. The molecule has 0 heterocycles. The Balaban J connectivity index is 2.32. The van der Waals surface area contributed by atoms with Crippen LogP contribution in [0.25, 0.3) is 0 Å². The van der Waals surface area contributed by atoms with Crippen LogP contribution in [0.4, 0.5) is 0 Å². The quantitative estimate of drug-likeness (QED) is 0.757. The number of unbranched alkanes of at least 4 members (excludes halogenated alkanes) is 3. The van der Waals surface area contributed by atoms with E-state index in [0.29, 0.717) is 22.2 Å². The van der Waals surface area contributed by atoms with Crippen molar-refractivity contribution in [3.63, 3.8) is 0 Å². The van der Waals surface area contributed by atoms with E-state index >= 15 is 0 Å². The van der Waals surface area contributed by atoms with Crippen LogP contribution >= 0.6 is 23.2 Å². The highest BCUT2D eigenvalue weighted by Gasteiger charge is 2.09. The number of amides is 1. The zero-order valence-electron chi connectivity index (χ0n) is 10.1. The largest absolute Gasteiger partial charge is 0.396 e. The number of hydrogen-bond donors (Lipinski definition) is 2. The zero-order valence-corrected chi connectivity index (χ0v) is 11.6. The van der Waals surface area contributed by atoms with Gasteiger partial charge in [-0.3, -0.25) is 4.79 Å². The lowest BCUT2D eigenvalue weighted by Crippen LogP contribution is -2.24. The van der Waals surface area contributed by atoms with E-state index in [0.717, 1.165) is 25.7 Å². The molecule has 0 spiro atoms. The van der Waals surface area contributed by atoms with Gasteiger partial charge in [-0.25, -0.2) is 0 Å². The van der Waals surface area contributed by atoms with Crippen LogP contribution in [0.1, 0.15) is 36.0 Å². The topological polar surface area (TPSA) is 49.3 Å². The summed E-state index contributed by atoms with van der Waals surface area (Å²) in [5.41, 5.74) is 0.441. The van der Waals surface area contributed by atoms with Gasteiger partial charge in [-0.05, 0) is 31.0 Å². The summed E-state index contributed by atoms with van der Waals surface area (Å²) in [7, 11) is 0. The van der Waals surface area contributed by atoms with Crippen molar-refractivity contribution in [3.05, 3.63) is 33.8 Å². The number of nitrogens with one attached hydrogen (secondary N) is 1. The van der Waals surface area contributed by atoms with E-state index < -0.39 is 0 Å². The first kappa shape index (κ1) is 15.3. The number of carbonyl (C=O) groups is 1. The van der Waals surface area contributed by atoms with Crippen LogP contribution in [0, 0.1) is 0 Å². The van der Waals surface area contributed by atoms with Crippen LogP contribution in [0.2, 0.25) is 10.0 Å². The number of benzene rings is 1. The average molecular weight is 290 g/mol. The maximum Gasteiger partial charge on any atom is 0.252 e. The number of hydrogen-bond acceptors (Lipinski definition) is 2. The molecule has 100 valence electrons. The third-order valence-electron chi connectivity index (χ3n) is 2.55. The molecular formula is C13H17Cl2NO2. The van der Waals surface area contributed by atoms with E-state index in [1.807, 2.05) is 0 Å². The van der Waals surface area contributed by atoms with Crippen molar-refractivity contribution in [1.29, 1.82) is 0 Å². The first-order chi connectivity index (χ1) is 8.65. The van der Waals surface area contributed by atoms with Crippen molar-refractivity contribution in [2.75, 3.05) is 13.2 Å². The molecule has 1 rings (SSSR count). The minimum atomic E-state index is -0.182. The summed E-state index contributed by atoms with van der Waals surface area (Å²) < 4.78 is 0. The number of rotatable bonds is 7. The minimum absolute atomic E-state index is 0.182. The second kappa shape index (κ2) is 8.35. The molecule has 0 bridgehead atoms. The second-order valence-electron chi connectivity index (χ2n) is 4.02. The van der Waals surface area contributed by atoms with Gasteiger partial charge in [-0.15, -0.1) is 0 Å². The average Bonchev–Trinajstić information content (AvgIpc) is 2.33. The lowest BCUT2D eigenvalue weighted by atomic mass is 10.2. The molecule has 5 heteroatoms. The number of aliphatic hydroxyl groups excluding tert-OH is 1. The van der Waals surface area contributed by atoms with E-state index in [-0.39, 0.29) is 12.5 Å². The van der Waals surface area contributed by atoms with Gasteiger partial charge in [0.05, 0.1) is 10.6 Å². The fourth-order valence-corrected chi connectivity index (χ4v) is 2.06. The van der Waals surface area contributed by atoms with Gasteiger partial charge in [0.2, 0.25) is 0 Å². The van der Waals surface area contributed by atoms with Gasteiger partial charge in [-0.2, -0.15) is 0 Å². The summed E-state index contributed by atoms with van der Waals surface area (Å²) in [5.74, 6) is -0.182. The van der Waals surface area contributed by atoms with E-state index in [2.05, 4.69) is 5.32 Å². The number of halogens is 2. The summed E-state index contributed by atoms with van der Waals surface area (Å²) in [4.78, 5) is 11.8. The van der Waals surface area contributed by atoms with Crippen molar-refractivity contribution in [1.82, 2.24) is 5.32 Å². The minimum Gasteiger partial charge on any atom is -0.396 e. The normalized spacial score (nSPS) is 10.4. The molecule has 0 saturated carbocycles. The third kappa shape index (κ3) is 5.25. The van der Waals surface area contributed by atoms with Gasteiger partial charge in [-0.1, -0.05) is 36.0 Å². The molecule has 0 fully saturated rings. The summed E-state index contributed by atoms with van der Waals surface area (Å²) in [5, 5.41) is 12.3. The molecular weight excluding hydrogens is 273 g/mol. The van der Waals surface area contributed by atoms with Crippen LogP contribution in [0.5, 0.6) is 0 Å². The molecule has 0 atom stereocenters. The molecule has 1 aromatic carbocycles. The molecule has 18 heavy (non-hydrogen) atoms. The van der Waals surface area contributed by atoms with Gasteiger partial charge >= 0.3 is 0 Å². The van der Waals surface area contributed by atoms with Crippen LogP contribution < -0.4 is 5.32 Å². The zero-order chi connectivity index (χ0) is 13.4. The van der Waals surface area contributed by atoms with E-state index in [1.54, 1.807) is 18.2 Å². The van der Waals surface area contributed by atoms with Gasteiger partial charge in [0.1, 0.15) is 0 Å². The molecule has 2 N–H and O–H groups in total. The van der Waals surface area contributed by atoms with Crippen LogP contribution in [0.3, 0.4) is 0 Å². The summed E-state index contributed by atoms with van der Waals surface area (Å²) in [6.07, 6.45) is 3.69. The fourth-order valence-electron chi connectivity index (χ4n) is 1.56. The number of carbonyl (C=O) groups excluding carboxylic acids is 1. The first-order valence-corrected chi connectivity index (χ1v) is 6.75. The fraction of sp³-hybridized carbons (Fsp3) is 0.462. The molecule has 0 radical (unpaired) electrons. The molecule has 0 aliphatic rings. The van der Waals surface area contributed by atoms with Gasteiger partial charge in [0.15, 0.2) is 0 Å². The Morgan fingerprint density at radius 2 is 1.89 bits per heavy atom. The first-order valence-electron chi connectivity index (χ1n) is 5.99. The Hall–Kier alpha value is -0.770. The Kier molecular flexibility index (Phi) is 7.09.